The first-order valence-corrected chi connectivity index (χ1v) is 9.43. The van der Waals surface area contributed by atoms with Gasteiger partial charge in [0.25, 0.3) is 5.91 Å². The molecule has 0 aliphatic rings. The lowest BCUT2D eigenvalue weighted by Gasteiger charge is -2.04. The SMILES string of the molecule is O=C(COc1cccc(Br)c1)NN=Cc1ccc(-c2cc(C(=O)O)ccc2Cl)o1. The lowest BCUT2D eigenvalue weighted by atomic mass is 10.1. The van der Waals surface area contributed by atoms with Crippen LogP contribution in [0.3, 0.4) is 0 Å². The Kier molecular flexibility index (Phi) is 6.69. The topological polar surface area (TPSA) is 101 Å². The molecule has 0 aliphatic carbocycles. The second-order valence-corrected chi connectivity index (χ2v) is 7.06. The van der Waals surface area contributed by atoms with Gasteiger partial charge in [-0.1, -0.05) is 33.6 Å². The van der Waals surface area contributed by atoms with Gasteiger partial charge in [-0.05, 0) is 48.5 Å². The quantitative estimate of drug-likeness (QED) is 0.383. The molecule has 29 heavy (non-hydrogen) atoms. The number of carbonyl (C=O) groups excluding carboxylic acids is 1. The van der Waals surface area contributed by atoms with E-state index in [1.165, 1.54) is 24.4 Å². The van der Waals surface area contributed by atoms with Crippen molar-refractivity contribution in [1.29, 1.82) is 0 Å². The van der Waals surface area contributed by atoms with Gasteiger partial charge in [0.15, 0.2) is 6.61 Å². The molecule has 0 bridgehead atoms. The van der Waals surface area contributed by atoms with E-state index in [1.807, 2.05) is 6.07 Å². The summed E-state index contributed by atoms with van der Waals surface area (Å²) in [5, 5.41) is 13.3. The summed E-state index contributed by atoms with van der Waals surface area (Å²) >= 11 is 9.44. The number of benzene rings is 2. The summed E-state index contributed by atoms with van der Waals surface area (Å²) < 4.78 is 11.8. The predicted molar refractivity (Wildman–Crippen MR) is 111 cm³/mol. The van der Waals surface area contributed by atoms with E-state index in [4.69, 9.17) is 25.9 Å². The molecule has 0 saturated carbocycles. The van der Waals surface area contributed by atoms with Gasteiger partial charge in [-0.25, -0.2) is 10.2 Å². The highest BCUT2D eigenvalue weighted by Gasteiger charge is 2.12. The molecule has 2 aromatic carbocycles. The van der Waals surface area contributed by atoms with Crippen LogP contribution < -0.4 is 10.2 Å². The van der Waals surface area contributed by atoms with Crippen molar-refractivity contribution in [2.75, 3.05) is 6.61 Å². The third-order valence-corrected chi connectivity index (χ3v) is 4.48. The molecule has 1 heterocycles. The van der Waals surface area contributed by atoms with Gasteiger partial charge in [0.05, 0.1) is 16.8 Å². The molecular formula is C20H14BrClN2O5. The Morgan fingerprint density at radius 1 is 1.21 bits per heavy atom. The van der Waals surface area contributed by atoms with E-state index in [0.29, 0.717) is 27.9 Å². The average Bonchev–Trinajstić information content (AvgIpc) is 3.15. The van der Waals surface area contributed by atoms with Crippen LogP contribution in [-0.4, -0.2) is 29.8 Å². The number of nitrogens with zero attached hydrogens (tertiary/aromatic N) is 1. The molecule has 0 spiro atoms. The third kappa shape index (κ3) is 5.69. The number of carboxylic acid groups (broad SMARTS) is 1. The normalized spacial score (nSPS) is 10.8. The van der Waals surface area contributed by atoms with Crippen LogP contribution in [0.25, 0.3) is 11.3 Å². The molecule has 2 N–H and O–H groups in total. The number of hydrogen-bond acceptors (Lipinski definition) is 5. The molecule has 0 aliphatic heterocycles. The Bertz CT molecular complexity index is 1080. The van der Waals surface area contributed by atoms with E-state index in [2.05, 4.69) is 26.5 Å². The molecule has 7 nitrogen and oxygen atoms in total. The summed E-state index contributed by atoms with van der Waals surface area (Å²) in [5.41, 5.74) is 2.86. The number of ether oxygens (including phenoxy) is 1. The van der Waals surface area contributed by atoms with Crippen molar-refractivity contribution < 1.29 is 23.8 Å². The maximum absolute atomic E-state index is 11.8. The van der Waals surface area contributed by atoms with Crippen molar-refractivity contribution >= 4 is 45.6 Å². The monoisotopic (exact) mass is 476 g/mol. The van der Waals surface area contributed by atoms with Crippen LogP contribution in [0.4, 0.5) is 0 Å². The molecule has 0 unspecified atom stereocenters. The molecule has 1 aromatic heterocycles. The van der Waals surface area contributed by atoms with Gasteiger partial charge in [0.1, 0.15) is 17.3 Å². The molecule has 1 amide bonds. The highest BCUT2D eigenvalue weighted by atomic mass is 79.9. The van der Waals surface area contributed by atoms with Crippen LogP contribution in [0, 0.1) is 0 Å². The van der Waals surface area contributed by atoms with Gasteiger partial charge in [-0.2, -0.15) is 5.10 Å². The minimum atomic E-state index is -1.07. The first-order chi connectivity index (χ1) is 13.9. The molecule has 9 heteroatoms. The molecule has 0 atom stereocenters. The number of hydrogen-bond donors (Lipinski definition) is 2. The highest BCUT2D eigenvalue weighted by Crippen LogP contribution is 2.30. The number of furan rings is 1. The minimum Gasteiger partial charge on any atom is -0.484 e. The van der Waals surface area contributed by atoms with Gasteiger partial charge < -0.3 is 14.3 Å². The number of aromatic carboxylic acids is 1. The number of nitrogens with one attached hydrogen (secondary N) is 1. The fourth-order valence-electron chi connectivity index (χ4n) is 2.32. The van der Waals surface area contributed by atoms with Gasteiger partial charge in [-0.3, -0.25) is 4.79 Å². The maximum Gasteiger partial charge on any atom is 0.335 e. The van der Waals surface area contributed by atoms with Gasteiger partial charge in [-0.15, -0.1) is 0 Å². The molecule has 148 valence electrons. The van der Waals surface area contributed by atoms with Gasteiger partial charge in [0, 0.05) is 10.0 Å². The lowest BCUT2D eigenvalue weighted by molar-refractivity contribution is -0.123. The molecule has 0 fully saturated rings. The summed E-state index contributed by atoms with van der Waals surface area (Å²) in [6.45, 7) is -0.200. The summed E-state index contributed by atoms with van der Waals surface area (Å²) in [6, 6.07) is 14.7. The van der Waals surface area contributed by atoms with Crippen LogP contribution in [0.1, 0.15) is 16.1 Å². The molecular weight excluding hydrogens is 464 g/mol. The Morgan fingerprint density at radius 3 is 2.79 bits per heavy atom. The number of hydrazone groups is 1. The van der Waals surface area contributed by atoms with Crippen molar-refractivity contribution in [1.82, 2.24) is 5.43 Å². The van der Waals surface area contributed by atoms with E-state index in [9.17, 15) is 9.59 Å². The molecule has 3 rings (SSSR count). The van der Waals surface area contributed by atoms with E-state index in [0.717, 1.165) is 4.47 Å². The average molecular weight is 478 g/mol. The smallest absolute Gasteiger partial charge is 0.335 e. The Balaban J connectivity index is 1.58. The summed E-state index contributed by atoms with van der Waals surface area (Å²) in [4.78, 5) is 22.9. The van der Waals surface area contributed by atoms with Crippen molar-refractivity contribution in [3.8, 4) is 17.1 Å². The van der Waals surface area contributed by atoms with Crippen molar-refractivity contribution in [2.24, 2.45) is 5.10 Å². The number of carboxylic acids is 1. The zero-order valence-corrected chi connectivity index (χ0v) is 17.1. The van der Waals surface area contributed by atoms with E-state index in [-0.39, 0.29) is 12.2 Å². The number of halogens is 2. The van der Waals surface area contributed by atoms with E-state index in [1.54, 1.807) is 30.3 Å². The Hall–Kier alpha value is -3.10. The Labute approximate surface area is 179 Å². The maximum atomic E-state index is 11.8. The van der Waals surface area contributed by atoms with Crippen LogP contribution in [-0.2, 0) is 4.79 Å². The fourth-order valence-corrected chi connectivity index (χ4v) is 2.91. The number of carbonyl (C=O) groups is 2. The summed E-state index contributed by atoms with van der Waals surface area (Å²) in [6.07, 6.45) is 1.31. The largest absolute Gasteiger partial charge is 0.484 e. The zero-order chi connectivity index (χ0) is 20.8. The fraction of sp³-hybridized carbons (Fsp3) is 0.0500. The first kappa shape index (κ1) is 20.6. The van der Waals surface area contributed by atoms with E-state index < -0.39 is 11.9 Å². The Morgan fingerprint density at radius 2 is 2.03 bits per heavy atom. The van der Waals surface area contributed by atoms with Crippen LogP contribution >= 0.6 is 27.5 Å². The summed E-state index contributed by atoms with van der Waals surface area (Å²) in [7, 11) is 0. The predicted octanol–water partition coefficient (Wildman–Crippen LogP) is 4.59. The lowest BCUT2D eigenvalue weighted by Crippen LogP contribution is -2.24. The van der Waals surface area contributed by atoms with Gasteiger partial charge in [0.2, 0.25) is 0 Å². The van der Waals surface area contributed by atoms with Gasteiger partial charge >= 0.3 is 5.97 Å². The third-order valence-electron chi connectivity index (χ3n) is 3.65. The van der Waals surface area contributed by atoms with Crippen LogP contribution in [0.2, 0.25) is 5.02 Å². The second kappa shape index (κ2) is 9.40. The number of amides is 1. The van der Waals surface area contributed by atoms with Crippen molar-refractivity contribution in [3.63, 3.8) is 0 Å². The van der Waals surface area contributed by atoms with Crippen molar-refractivity contribution in [3.05, 3.63) is 75.4 Å². The van der Waals surface area contributed by atoms with E-state index >= 15 is 0 Å². The minimum absolute atomic E-state index is 0.0914. The molecule has 0 radical (unpaired) electrons. The number of rotatable bonds is 7. The second-order valence-electron chi connectivity index (χ2n) is 5.74. The summed E-state index contributed by atoms with van der Waals surface area (Å²) in [5.74, 6) is -0.224. The van der Waals surface area contributed by atoms with Crippen molar-refractivity contribution in [2.45, 2.75) is 0 Å². The standard InChI is InChI=1S/C20H14BrClN2O5/c21-13-2-1-3-14(9-13)28-11-19(25)24-23-10-15-5-7-18(29-15)16-8-12(20(26)27)4-6-17(16)22/h1-10H,11H2,(H,24,25)(H,26,27). The zero-order valence-electron chi connectivity index (χ0n) is 14.8. The first-order valence-electron chi connectivity index (χ1n) is 8.25. The molecule has 0 saturated heterocycles. The highest BCUT2D eigenvalue weighted by molar-refractivity contribution is 9.10. The van der Waals surface area contributed by atoms with Crippen LogP contribution in [0.5, 0.6) is 5.75 Å². The van der Waals surface area contributed by atoms with Crippen LogP contribution in [0.15, 0.2) is 68.6 Å². The molecule has 3 aromatic rings.